The predicted octanol–water partition coefficient (Wildman–Crippen LogP) is 14.6. The first-order chi connectivity index (χ1) is 45.7. The number of nitrogens with zero attached hydrogens (tertiary/aromatic N) is 12. The summed E-state index contributed by atoms with van der Waals surface area (Å²) in [7, 11) is 1.31. The molecule has 0 atom stereocenters. The van der Waals surface area contributed by atoms with Crippen LogP contribution in [0.5, 0.6) is 17.6 Å². The maximum Gasteiger partial charge on any atom is 0.279 e. The normalized spacial score (nSPS) is 12.5. The van der Waals surface area contributed by atoms with Crippen molar-refractivity contribution in [3.63, 3.8) is 0 Å². The Kier molecular flexibility index (Phi) is 18.3. The van der Waals surface area contributed by atoms with Gasteiger partial charge in [-0.25, -0.2) is 14.5 Å². The molecule has 0 spiro atoms. The van der Waals surface area contributed by atoms with Crippen molar-refractivity contribution >= 4 is 85.9 Å². The van der Waals surface area contributed by atoms with Gasteiger partial charge < -0.3 is 15.3 Å². The molecule has 0 radical (unpaired) electrons. The number of rotatable bonds is 11. The Morgan fingerprint density at radius 1 is 0.358 bits per heavy atom. The summed E-state index contributed by atoms with van der Waals surface area (Å²) in [5.41, 5.74) is 1.46. The number of benzene rings is 6. The molecule has 0 unspecified atom stereocenters. The van der Waals surface area contributed by atoms with E-state index in [0.29, 0.717) is 29.5 Å². The molecule has 0 fully saturated rings. The fourth-order valence-corrected chi connectivity index (χ4v) is 11.1. The van der Waals surface area contributed by atoms with Crippen LogP contribution in [-0.4, -0.2) is 63.7 Å². The van der Waals surface area contributed by atoms with Gasteiger partial charge in [0.05, 0.1) is 53.5 Å². The molecule has 6 aromatic carbocycles. The van der Waals surface area contributed by atoms with Gasteiger partial charge >= 0.3 is 0 Å². The Morgan fingerprint density at radius 3 is 0.947 bits per heavy atom. The summed E-state index contributed by atoms with van der Waals surface area (Å²) in [6.07, 6.45) is 1.98. The lowest BCUT2D eigenvalue weighted by Gasteiger charge is -2.18. The molecule has 0 bridgehead atoms. The average molecular weight is 1270 g/mol. The maximum atomic E-state index is 13.1. The van der Waals surface area contributed by atoms with Crippen LogP contribution in [-0.2, 0) is 20.1 Å². The highest BCUT2D eigenvalue weighted by Crippen LogP contribution is 2.41. The zero-order valence-electron chi connectivity index (χ0n) is 51.5. The number of aromatic hydroxyl groups is 3. The number of fused-ring (bicyclic) bond motifs is 6. The zero-order valence-corrected chi connectivity index (χ0v) is 51.5. The topological polar surface area (TPSA) is 316 Å². The third-order valence-corrected chi connectivity index (χ3v) is 16.1. The summed E-state index contributed by atoms with van der Waals surface area (Å²) in [5.74, 6) is -3.16. The van der Waals surface area contributed by atoms with Crippen LogP contribution in [0.4, 0.5) is 51.2 Å². The SMILES string of the molecule is [C-]#[N+]c1c(C)c(N=Nc2cccc3c2C(=O)c2ccccc2C3=O)c(=O)n(C)c1O.[C-]#[N+]c1c(C)c(N=Nc2cccc3c2C(=O)c2ccccc2C3=O)c(=O)n(CCC)c1O.[C-]#[N+]c1c(C)c(N=Nc2cccc3c2C(=O)c2ccccc2C3=O)c(=O)n(CCCC)c1O. The average Bonchev–Trinajstić information content (AvgIpc) is 0.770. The van der Waals surface area contributed by atoms with Crippen molar-refractivity contribution < 1.29 is 44.1 Å². The highest BCUT2D eigenvalue weighted by Gasteiger charge is 2.35. The molecule has 0 saturated heterocycles. The van der Waals surface area contributed by atoms with Gasteiger partial charge in [-0.3, -0.25) is 56.9 Å². The number of azo groups is 3. The molecule has 468 valence electrons. The number of hydrogen-bond donors (Lipinski definition) is 3. The van der Waals surface area contributed by atoms with Crippen molar-refractivity contribution in [1.29, 1.82) is 0 Å². The molecule has 3 aromatic heterocycles. The molecular formula is C71H52N12O12. The first kappa shape index (κ1) is 64.8. The smallest absolute Gasteiger partial charge is 0.279 e. The van der Waals surface area contributed by atoms with E-state index in [1.165, 1.54) is 40.0 Å². The summed E-state index contributed by atoms with van der Waals surface area (Å²) in [6.45, 7) is 30.7. The number of pyridine rings is 3. The summed E-state index contributed by atoms with van der Waals surface area (Å²) < 4.78 is 3.10. The summed E-state index contributed by atoms with van der Waals surface area (Å²) in [6, 6.07) is 33.7. The van der Waals surface area contributed by atoms with E-state index in [1.54, 1.807) is 115 Å². The van der Waals surface area contributed by atoms with E-state index in [1.807, 2.05) is 13.8 Å². The molecule has 3 aliphatic rings. The van der Waals surface area contributed by atoms with Crippen molar-refractivity contribution in [2.75, 3.05) is 0 Å². The molecule has 0 amide bonds. The fourth-order valence-electron chi connectivity index (χ4n) is 11.1. The summed E-state index contributed by atoms with van der Waals surface area (Å²) in [4.78, 5) is 126. The van der Waals surface area contributed by atoms with Gasteiger partial charge in [0.15, 0.2) is 52.3 Å². The van der Waals surface area contributed by atoms with Crippen LogP contribution >= 0.6 is 0 Å². The molecule has 95 heavy (non-hydrogen) atoms. The van der Waals surface area contributed by atoms with E-state index in [4.69, 9.17) is 19.7 Å². The van der Waals surface area contributed by atoms with Crippen LogP contribution in [0.2, 0.25) is 0 Å². The summed E-state index contributed by atoms with van der Waals surface area (Å²) >= 11 is 0. The molecule has 12 rings (SSSR count). The van der Waals surface area contributed by atoms with Crippen molar-refractivity contribution in [2.24, 2.45) is 37.7 Å². The second-order valence-electron chi connectivity index (χ2n) is 21.7. The van der Waals surface area contributed by atoms with E-state index in [0.717, 1.165) is 20.1 Å². The quantitative estimate of drug-likeness (QED) is 0.0804. The van der Waals surface area contributed by atoms with Crippen LogP contribution in [0.15, 0.2) is 172 Å². The molecule has 9 aromatic rings. The standard InChI is InChI=1S/C25H20N4O4.C24H18N4O4.C22H14N4O4/c1-4-5-13-29-24(32)20(26-3)14(2)21(25(29)33)28-27-18-12-8-11-17-19(18)23(31)16-10-7-6-9-15(16)22(17)30;1-4-12-28-23(31)19(25-3)13(2)20(24(28)32)27-26-17-11-7-10-16-18(17)22(30)15-9-6-5-8-14(15)21(16)29;1-11-17(23-2)21(29)26(3)22(30)18(11)25-24-15-10-6-9-14-16(15)20(28)13-8-5-4-7-12(13)19(14)27/h6-12,32H,4-5,13H2,1-2H3;5-11,31H,4,12H2,1-2H3;4-10,29H,1,3H3. The largest absolute Gasteiger partial charge is 0.503 e. The van der Waals surface area contributed by atoms with Gasteiger partial charge in [-0.05, 0) is 68.5 Å². The van der Waals surface area contributed by atoms with E-state index in [-0.39, 0.29) is 166 Å². The van der Waals surface area contributed by atoms with Crippen molar-refractivity contribution in [3.8, 4) is 17.6 Å². The van der Waals surface area contributed by atoms with E-state index in [2.05, 4.69) is 45.2 Å². The number of carbonyl (C=O) groups excluding carboxylic acids is 6. The molecule has 3 aliphatic carbocycles. The van der Waals surface area contributed by atoms with Gasteiger partial charge in [0.1, 0.15) is 17.1 Å². The Balaban J connectivity index is 0.000000155. The monoisotopic (exact) mass is 1260 g/mol. The van der Waals surface area contributed by atoms with Crippen molar-refractivity contribution in [3.05, 3.63) is 276 Å². The molecule has 0 aliphatic heterocycles. The Hall–Kier alpha value is -13.1. The fraction of sp³-hybridized carbons (Fsp3) is 0.155. The lowest BCUT2D eigenvalue weighted by atomic mass is 9.83. The predicted molar refractivity (Wildman–Crippen MR) is 348 cm³/mol. The highest BCUT2D eigenvalue weighted by atomic mass is 16.3. The number of carbonyl (C=O) groups is 6. The molecule has 3 N–H and O–H groups in total. The number of aromatic nitrogens is 3. The molecule has 3 heterocycles. The minimum absolute atomic E-state index is 0.0741. The van der Waals surface area contributed by atoms with Crippen LogP contribution in [0.3, 0.4) is 0 Å². The third kappa shape index (κ3) is 11.4. The second-order valence-corrected chi connectivity index (χ2v) is 21.7. The summed E-state index contributed by atoms with van der Waals surface area (Å²) in [5, 5.41) is 55.2. The minimum Gasteiger partial charge on any atom is -0.503 e. The number of unbranched alkanes of at least 4 members (excludes halogenated alkanes) is 1. The lowest BCUT2D eigenvalue weighted by Crippen LogP contribution is -2.21. The van der Waals surface area contributed by atoms with Crippen LogP contribution in [0, 0.1) is 40.5 Å². The molecule has 24 heteroatoms. The van der Waals surface area contributed by atoms with Gasteiger partial charge in [0, 0.05) is 70.2 Å². The van der Waals surface area contributed by atoms with Gasteiger partial charge in [-0.1, -0.05) is 129 Å². The first-order valence-corrected chi connectivity index (χ1v) is 29.3. The van der Waals surface area contributed by atoms with E-state index in [9.17, 15) is 58.5 Å². The molecular weight excluding hydrogens is 1210 g/mol. The van der Waals surface area contributed by atoms with Crippen molar-refractivity contribution in [1.82, 2.24) is 13.7 Å². The van der Waals surface area contributed by atoms with Crippen molar-refractivity contribution in [2.45, 2.75) is 67.0 Å². The number of ketones is 6. The lowest BCUT2D eigenvalue weighted by molar-refractivity contribution is 0.0979. The van der Waals surface area contributed by atoms with Gasteiger partial charge in [0.2, 0.25) is 17.1 Å². The van der Waals surface area contributed by atoms with Gasteiger partial charge in [-0.15, -0.1) is 30.7 Å². The Bertz CT molecular complexity index is 5300. The number of hydrogen-bond acceptors (Lipinski definition) is 18. The maximum absolute atomic E-state index is 13.1. The highest BCUT2D eigenvalue weighted by molar-refractivity contribution is 6.32. The molecule has 24 nitrogen and oxygen atoms in total. The van der Waals surface area contributed by atoms with Gasteiger partial charge in [0.25, 0.3) is 16.7 Å². The van der Waals surface area contributed by atoms with Crippen LogP contribution < -0.4 is 16.7 Å². The Morgan fingerprint density at radius 2 is 0.642 bits per heavy atom. The first-order valence-electron chi connectivity index (χ1n) is 29.3. The second kappa shape index (κ2) is 26.7. The minimum atomic E-state index is -0.640. The van der Waals surface area contributed by atoms with E-state index >= 15 is 0 Å². The van der Waals surface area contributed by atoms with Crippen LogP contribution in [0.1, 0.15) is 145 Å². The third-order valence-electron chi connectivity index (χ3n) is 16.1. The van der Waals surface area contributed by atoms with Gasteiger partial charge in [-0.2, -0.15) is 0 Å². The Labute approximate surface area is 539 Å². The molecule has 0 saturated carbocycles. The zero-order chi connectivity index (χ0) is 68.3. The van der Waals surface area contributed by atoms with Crippen LogP contribution in [0.25, 0.3) is 14.5 Å². The van der Waals surface area contributed by atoms with E-state index < -0.39 is 34.3 Å².